The van der Waals surface area contributed by atoms with Gasteiger partial charge in [-0.15, -0.1) is 0 Å². The first-order chi connectivity index (χ1) is 10.6. The maximum atomic E-state index is 11.9. The van der Waals surface area contributed by atoms with Gasteiger partial charge >= 0.3 is 0 Å². The van der Waals surface area contributed by atoms with Gasteiger partial charge in [0.15, 0.2) is 0 Å². The third kappa shape index (κ3) is 3.73. The number of carbonyl (C=O) groups excluding carboxylic acids is 2. The number of carbonyl (C=O) groups is 2. The number of hydrogen-bond acceptors (Lipinski definition) is 3. The van der Waals surface area contributed by atoms with Gasteiger partial charge in [-0.05, 0) is 49.5 Å². The van der Waals surface area contributed by atoms with Gasteiger partial charge in [0.05, 0.1) is 6.07 Å². The number of amides is 2. The number of nitriles is 1. The average molecular weight is 297 g/mol. The van der Waals surface area contributed by atoms with Gasteiger partial charge in [0.1, 0.15) is 5.54 Å². The molecule has 5 heteroatoms. The smallest absolute Gasteiger partial charge is 0.251 e. The molecule has 0 spiro atoms. The monoisotopic (exact) mass is 297 g/mol. The van der Waals surface area contributed by atoms with Crippen molar-refractivity contribution in [3.05, 3.63) is 41.5 Å². The Bertz CT molecular complexity index is 620. The van der Waals surface area contributed by atoms with E-state index in [1.807, 2.05) is 0 Å². The fraction of sp³-hybridized carbons (Fsp3) is 0.353. The molecule has 114 valence electrons. The Kier molecular flexibility index (Phi) is 4.95. The molecule has 2 N–H and O–H groups in total. The minimum atomic E-state index is -0.704. The lowest BCUT2D eigenvalue weighted by molar-refractivity contribution is -0.117. The van der Waals surface area contributed by atoms with Crippen LogP contribution in [0.15, 0.2) is 30.3 Å². The maximum Gasteiger partial charge on any atom is 0.251 e. The number of nitrogens with one attached hydrogen (secondary N) is 2. The lowest BCUT2D eigenvalue weighted by atomic mass is 10.00. The fourth-order valence-electron chi connectivity index (χ4n) is 2.58. The third-order valence-electron chi connectivity index (χ3n) is 3.86. The van der Waals surface area contributed by atoms with Crippen LogP contribution in [-0.2, 0) is 4.79 Å². The maximum absolute atomic E-state index is 11.9. The molecule has 0 aromatic heterocycles. The van der Waals surface area contributed by atoms with Crippen LogP contribution in [0.2, 0.25) is 0 Å². The molecule has 0 atom stereocenters. The van der Waals surface area contributed by atoms with Crippen molar-refractivity contribution >= 4 is 17.9 Å². The summed E-state index contributed by atoms with van der Waals surface area (Å²) in [6.07, 6.45) is 6.46. The predicted molar refractivity (Wildman–Crippen MR) is 83.8 cm³/mol. The van der Waals surface area contributed by atoms with E-state index in [1.165, 1.54) is 6.08 Å². The first kappa shape index (κ1) is 15.8. The van der Waals surface area contributed by atoms with Gasteiger partial charge in [0, 0.05) is 18.7 Å². The zero-order valence-corrected chi connectivity index (χ0v) is 12.6. The molecule has 0 saturated heterocycles. The van der Waals surface area contributed by atoms with Crippen molar-refractivity contribution in [1.82, 2.24) is 10.6 Å². The molecule has 0 bridgehead atoms. The number of benzene rings is 1. The highest BCUT2D eigenvalue weighted by Gasteiger charge is 2.34. The van der Waals surface area contributed by atoms with Crippen molar-refractivity contribution in [2.45, 2.75) is 31.2 Å². The number of rotatable bonds is 4. The molecule has 0 heterocycles. The van der Waals surface area contributed by atoms with Gasteiger partial charge in [0.2, 0.25) is 5.91 Å². The zero-order valence-electron chi connectivity index (χ0n) is 12.6. The lowest BCUT2D eigenvalue weighted by Crippen LogP contribution is -2.44. The standard InChI is InChI=1S/C17H19N3O2/c1-19-16(22)14-7-4-13(5-8-14)6-9-15(21)20-17(12-18)10-2-3-11-17/h4-9H,2-3,10-11H2,1H3,(H,19,22)(H,20,21). The van der Waals surface area contributed by atoms with E-state index in [9.17, 15) is 14.9 Å². The van der Waals surface area contributed by atoms with Crippen LogP contribution in [0.5, 0.6) is 0 Å². The van der Waals surface area contributed by atoms with Crippen LogP contribution in [0.25, 0.3) is 6.08 Å². The summed E-state index contributed by atoms with van der Waals surface area (Å²) in [6.45, 7) is 0. The van der Waals surface area contributed by atoms with E-state index in [1.54, 1.807) is 37.4 Å². The highest BCUT2D eigenvalue weighted by atomic mass is 16.2. The molecule has 1 aliphatic rings. The third-order valence-corrected chi connectivity index (χ3v) is 3.86. The van der Waals surface area contributed by atoms with E-state index >= 15 is 0 Å². The Balaban J connectivity index is 1.98. The van der Waals surface area contributed by atoms with Crippen LogP contribution < -0.4 is 10.6 Å². The van der Waals surface area contributed by atoms with Crippen molar-refractivity contribution in [1.29, 1.82) is 5.26 Å². The first-order valence-electron chi connectivity index (χ1n) is 7.32. The summed E-state index contributed by atoms with van der Waals surface area (Å²) in [5, 5.41) is 14.6. The van der Waals surface area contributed by atoms with Gasteiger partial charge in [-0.1, -0.05) is 12.1 Å². The Morgan fingerprint density at radius 2 is 1.86 bits per heavy atom. The molecule has 5 nitrogen and oxygen atoms in total. The van der Waals surface area contributed by atoms with E-state index in [-0.39, 0.29) is 11.8 Å². The number of nitrogens with zero attached hydrogens (tertiary/aromatic N) is 1. The Hall–Kier alpha value is -2.61. The van der Waals surface area contributed by atoms with Crippen molar-refractivity contribution in [3.63, 3.8) is 0 Å². The molecule has 22 heavy (non-hydrogen) atoms. The Morgan fingerprint density at radius 1 is 1.23 bits per heavy atom. The SMILES string of the molecule is CNC(=O)c1ccc(C=CC(=O)NC2(C#N)CCCC2)cc1. The summed E-state index contributed by atoms with van der Waals surface area (Å²) in [6, 6.07) is 9.16. The Labute approximate surface area is 130 Å². The van der Waals surface area contributed by atoms with Crippen molar-refractivity contribution in [2.24, 2.45) is 0 Å². The molecule has 0 aliphatic heterocycles. The topological polar surface area (TPSA) is 82.0 Å². The van der Waals surface area contributed by atoms with E-state index in [0.29, 0.717) is 18.4 Å². The molecule has 1 aromatic carbocycles. The van der Waals surface area contributed by atoms with Gasteiger partial charge in [-0.2, -0.15) is 5.26 Å². The summed E-state index contributed by atoms with van der Waals surface area (Å²) < 4.78 is 0. The van der Waals surface area contributed by atoms with E-state index in [0.717, 1.165) is 18.4 Å². The molecule has 1 saturated carbocycles. The van der Waals surface area contributed by atoms with Crippen LogP contribution in [0.4, 0.5) is 0 Å². The van der Waals surface area contributed by atoms with Crippen molar-refractivity contribution in [2.75, 3.05) is 7.05 Å². The van der Waals surface area contributed by atoms with Crippen LogP contribution in [0.3, 0.4) is 0 Å². The van der Waals surface area contributed by atoms with E-state index in [4.69, 9.17) is 0 Å². The van der Waals surface area contributed by atoms with Gasteiger partial charge in [-0.25, -0.2) is 0 Å². The first-order valence-corrected chi connectivity index (χ1v) is 7.32. The lowest BCUT2D eigenvalue weighted by Gasteiger charge is -2.20. The predicted octanol–water partition coefficient (Wildman–Crippen LogP) is 2.01. The van der Waals surface area contributed by atoms with Crippen LogP contribution in [0, 0.1) is 11.3 Å². The highest BCUT2D eigenvalue weighted by Crippen LogP contribution is 2.28. The van der Waals surface area contributed by atoms with E-state index < -0.39 is 5.54 Å². The summed E-state index contributed by atoms with van der Waals surface area (Å²) >= 11 is 0. The molecular formula is C17H19N3O2. The minimum Gasteiger partial charge on any atom is -0.355 e. The van der Waals surface area contributed by atoms with Crippen molar-refractivity contribution in [3.8, 4) is 6.07 Å². The normalized spacial score (nSPS) is 16.2. The molecule has 0 radical (unpaired) electrons. The van der Waals surface area contributed by atoms with Gasteiger partial charge < -0.3 is 10.6 Å². The summed E-state index contributed by atoms with van der Waals surface area (Å²) in [4.78, 5) is 23.4. The van der Waals surface area contributed by atoms with Gasteiger partial charge in [-0.3, -0.25) is 9.59 Å². The molecule has 1 aliphatic carbocycles. The minimum absolute atomic E-state index is 0.148. The van der Waals surface area contributed by atoms with E-state index in [2.05, 4.69) is 16.7 Å². The summed E-state index contributed by atoms with van der Waals surface area (Å²) in [5.41, 5.74) is 0.684. The van der Waals surface area contributed by atoms with Gasteiger partial charge in [0.25, 0.3) is 5.91 Å². The van der Waals surface area contributed by atoms with Crippen LogP contribution >= 0.6 is 0 Å². The quantitative estimate of drug-likeness (QED) is 0.834. The summed E-state index contributed by atoms with van der Waals surface area (Å²) in [7, 11) is 1.58. The molecule has 1 fully saturated rings. The second kappa shape index (κ2) is 6.90. The molecule has 2 rings (SSSR count). The average Bonchev–Trinajstić information content (AvgIpc) is 3.01. The second-order valence-corrected chi connectivity index (χ2v) is 5.42. The molecule has 0 unspecified atom stereocenters. The Morgan fingerprint density at radius 3 is 2.41 bits per heavy atom. The van der Waals surface area contributed by atoms with Crippen molar-refractivity contribution < 1.29 is 9.59 Å². The van der Waals surface area contributed by atoms with Crippen LogP contribution in [0.1, 0.15) is 41.6 Å². The highest BCUT2D eigenvalue weighted by molar-refractivity contribution is 5.95. The molecule has 2 amide bonds. The molecule has 1 aromatic rings. The van der Waals surface area contributed by atoms with Crippen LogP contribution in [-0.4, -0.2) is 24.4 Å². The summed E-state index contributed by atoms with van der Waals surface area (Å²) in [5.74, 6) is -0.413. The fourth-order valence-corrected chi connectivity index (χ4v) is 2.58. The molecular weight excluding hydrogens is 278 g/mol. The second-order valence-electron chi connectivity index (χ2n) is 5.42. The number of hydrogen-bond donors (Lipinski definition) is 2. The largest absolute Gasteiger partial charge is 0.355 e. The zero-order chi connectivity index (χ0) is 16.0.